The van der Waals surface area contributed by atoms with Crippen molar-refractivity contribution in [3.8, 4) is 0 Å². The molecule has 0 saturated carbocycles. The Balaban J connectivity index is 2.66. The predicted octanol–water partition coefficient (Wildman–Crippen LogP) is -0.706. The lowest BCUT2D eigenvalue weighted by Crippen LogP contribution is -2.45. The van der Waals surface area contributed by atoms with Gasteiger partial charge in [0, 0.05) is 0 Å². The molecule has 0 spiro atoms. The number of aromatic nitrogens is 1. The predicted molar refractivity (Wildman–Crippen MR) is 51.8 cm³/mol. The Morgan fingerprint density at radius 2 is 1.89 bits per heavy atom. The van der Waals surface area contributed by atoms with Crippen LogP contribution in [0.4, 0.5) is 8.78 Å². The Hall–Kier alpha value is -2.58. The standard InChI is InChI=1S/C9H7F2N3O4/c1-18-9(17)8(16)14-13-7(15)4-2-3-5(10)12-6(4)11/h2-3H,1H3,(H,13,15)(H,14,16). The first-order valence-electron chi connectivity index (χ1n) is 4.46. The van der Waals surface area contributed by atoms with Gasteiger partial charge in [-0.25, -0.2) is 4.79 Å². The van der Waals surface area contributed by atoms with E-state index in [1.165, 1.54) is 0 Å². The lowest BCUT2D eigenvalue weighted by atomic mass is 10.2. The number of esters is 1. The molecule has 1 aromatic rings. The molecule has 0 aliphatic heterocycles. The van der Waals surface area contributed by atoms with Crippen LogP contribution >= 0.6 is 0 Å². The topological polar surface area (TPSA) is 97.4 Å². The number of amides is 2. The van der Waals surface area contributed by atoms with E-state index in [9.17, 15) is 23.2 Å². The van der Waals surface area contributed by atoms with Crippen LogP contribution in [0.3, 0.4) is 0 Å². The number of carbonyl (C=O) groups is 3. The van der Waals surface area contributed by atoms with Gasteiger partial charge in [0.25, 0.3) is 5.91 Å². The van der Waals surface area contributed by atoms with E-state index in [2.05, 4.69) is 9.72 Å². The van der Waals surface area contributed by atoms with Crippen LogP contribution in [0, 0.1) is 11.9 Å². The zero-order chi connectivity index (χ0) is 13.7. The number of hydrogen-bond donors (Lipinski definition) is 2. The molecule has 0 aromatic carbocycles. The molecule has 1 aromatic heterocycles. The maximum Gasteiger partial charge on any atom is 0.398 e. The van der Waals surface area contributed by atoms with Crippen LogP contribution in [-0.4, -0.2) is 29.9 Å². The van der Waals surface area contributed by atoms with Crippen LogP contribution in [0.15, 0.2) is 12.1 Å². The maximum atomic E-state index is 13.0. The van der Waals surface area contributed by atoms with E-state index in [4.69, 9.17) is 0 Å². The molecule has 96 valence electrons. The van der Waals surface area contributed by atoms with Gasteiger partial charge in [0.05, 0.1) is 12.7 Å². The number of hydrazine groups is 1. The van der Waals surface area contributed by atoms with E-state index < -0.39 is 35.2 Å². The average molecular weight is 259 g/mol. The first kappa shape index (κ1) is 13.5. The fourth-order valence-electron chi connectivity index (χ4n) is 0.906. The summed E-state index contributed by atoms with van der Waals surface area (Å²) in [6.45, 7) is 0. The summed E-state index contributed by atoms with van der Waals surface area (Å²) in [5, 5.41) is 0. The third kappa shape index (κ3) is 3.20. The van der Waals surface area contributed by atoms with Crippen molar-refractivity contribution in [1.82, 2.24) is 15.8 Å². The minimum Gasteiger partial charge on any atom is -0.462 e. The summed E-state index contributed by atoms with van der Waals surface area (Å²) in [6, 6.07) is 1.59. The molecular formula is C9H7F2N3O4. The summed E-state index contributed by atoms with van der Waals surface area (Å²) in [6.07, 6.45) is 0. The summed E-state index contributed by atoms with van der Waals surface area (Å²) >= 11 is 0. The Morgan fingerprint density at radius 3 is 2.44 bits per heavy atom. The van der Waals surface area contributed by atoms with E-state index in [-0.39, 0.29) is 0 Å². The Bertz CT molecular complexity index is 507. The van der Waals surface area contributed by atoms with Gasteiger partial charge < -0.3 is 4.74 Å². The number of hydrogen-bond acceptors (Lipinski definition) is 5. The molecular weight excluding hydrogens is 252 g/mol. The van der Waals surface area contributed by atoms with Gasteiger partial charge >= 0.3 is 11.9 Å². The Kier molecular flexibility index (Phi) is 4.24. The summed E-state index contributed by atoms with van der Waals surface area (Å²) in [7, 11) is 0.966. The molecule has 0 fully saturated rings. The van der Waals surface area contributed by atoms with Gasteiger partial charge in [0.15, 0.2) is 0 Å². The second-order valence-electron chi connectivity index (χ2n) is 2.87. The van der Waals surface area contributed by atoms with Crippen molar-refractivity contribution in [3.63, 3.8) is 0 Å². The molecule has 0 unspecified atom stereocenters. The van der Waals surface area contributed by atoms with Gasteiger partial charge in [-0.1, -0.05) is 0 Å². The van der Waals surface area contributed by atoms with Gasteiger partial charge in [-0.05, 0) is 12.1 Å². The van der Waals surface area contributed by atoms with E-state index in [1.54, 1.807) is 10.9 Å². The van der Waals surface area contributed by atoms with Crippen molar-refractivity contribution in [2.45, 2.75) is 0 Å². The highest BCUT2D eigenvalue weighted by molar-refractivity contribution is 6.32. The molecule has 1 rings (SSSR count). The molecule has 0 aliphatic rings. The SMILES string of the molecule is COC(=O)C(=O)NNC(=O)c1ccc(F)nc1F. The Morgan fingerprint density at radius 1 is 1.22 bits per heavy atom. The highest BCUT2D eigenvalue weighted by atomic mass is 19.1. The van der Waals surface area contributed by atoms with Crippen molar-refractivity contribution in [2.75, 3.05) is 7.11 Å². The largest absolute Gasteiger partial charge is 0.462 e. The lowest BCUT2D eigenvalue weighted by Gasteiger charge is -2.06. The maximum absolute atomic E-state index is 13.0. The number of ether oxygens (including phenoxy) is 1. The van der Waals surface area contributed by atoms with Crippen molar-refractivity contribution in [1.29, 1.82) is 0 Å². The van der Waals surface area contributed by atoms with Crippen molar-refractivity contribution in [3.05, 3.63) is 29.6 Å². The van der Waals surface area contributed by atoms with Crippen LogP contribution in [-0.2, 0) is 14.3 Å². The van der Waals surface area contributed by atoms with Crippen LogP contribution in [0.5, 0.6) is 0 Å². The van der Waals surface area contributed by atoms with E-state index in [0.29, 0.717) is 0 Å². The highest BCUT2D eigenvalue weighted by Gasteiger charge is 2.17. The second kappa shape index (κ2) is 5.66. The van der Waals surface area contributed by atoms with Gasteiger partial charge in [-0.2, -0.15) is 13.8 Å². The molecule has 2 amide bonds. The molecule has 2 N–H and O–H groups in total. The lowest BCUT2D eigenvalue weighted by molar-refractivity contribution is -0.153. The number of rotatable bonds is 1. The first-order valence-corrected chi connectivity index (χ1v) is 4.46. The number of carbonyl (C=O) groups excluding carboxylic acids is 3. The number of nitrogens with zero attached hydrogens (tertiary/aromatic N) is 1. The van der Waals surface area contributed by atoms with Gasteiger partial charge in [0.2, 0.25) is 11.9 Å². The summed E-state index contributed by atoms with van der Waals surface area (Å²) in [5.74, 6) is -6.03. The van der Waals surface area contributed by atoms with Crippen LogP contribution in [0.25, 0.3) is 0 Å². The van der Waals surface area contributed by atoms with Gasteiger partial charge in [-0.3, -0.25) is 20.4 Å². The first-order chi connectivity index (χ1) is 8.45. The number of methoxy groups -OCH3 is 1. The number of nitrogens with one attached hydrogen (secondary N) is 2. The molecule has 0 saturated heterocycles. The summed E-state index contributed by atoms with van der Waals surface area (Å²) in [4.78, 5) is 35.6. The molecule has 0 atom stereocenters. The normalized spacial score (nSPS) is 9.50. The monoisotopic (exact) mass is 259 g/mol. The molecule has 0 aliphatic carbocycles. The van der Waals surface area contributed by atoms with Crippen molar-refractivity contribution >= 4 is 17.8 Å². The summed E-state index contributed by atoms with van der Waals surface area (Å²) < 4.78 is 29.5. The molecule has 18 heavy (non-hydrogen) atoms. The second-order valence-corrected chi connectivity index (χ2v) is 2.87. The number of halogens is 2. The zero-order valence-corrected chi connectivity index (χ0v) is 8.99. The fraction of sp³-hybridized carbons (Fsp3) is 0.111. The Labute approximate surface area is 99.1 Å². The number of pyridine rings is 1. The molecule has 7 nitrogen and oxygen atoms in total. The molecule has 1 heterocycles. The van der Waals surface area contributed by atoms with Crippen molar-refractivity contribution < 1.29 is 27.9 Å². The van der Waals surface area contributed by atoms with Gasteiger partial charge in [-0.15, -0.1) is 0 Å². The zero-order valence-electron chi connectivity index (χ0n) is 8.99. The van der Waals surface area contributed by atoms with Gasteiger partial charge in [0.1, 0.15) is 0 Å². The van der Waals surface area contributed by atoms with Crippen LogP contribution < -0.4 is 10.9 Å². The quantitative estimate of drug-likeness (QED) is 0.300. The third-order valence-electron chi connectivity index (χ3n) is 1.72. The summed E-state index contributed by atoms with van der Waals surface area (Å²) in [5.41, 5.74) is 2.81. The molecule has 9 heteroatoms. The average Bonchev–Trinajstić information content (AvgIpc) is 2.34. The van der Waals surface area contributed by atoms with Crippen LogP contribution in [0.1, 0.15) is 10.4 Å². The molecule has 0 radical (unpaired) electrons. The molecule has 0 bridgehead atoms. The van der Waals surface area contributed by atoms with E-state index >= 15 is 0 Å². The highest BCUT2D eigenvalue weighted by Crippen LogP contribution is 2.04. The minimum atomic E-state index is -1.35. The van der Waals surface area contributed by atoms with E-state index in [1.807, 2.05) is 0 Å². The minimum absolute atomic E-state index is 0.596. The third-order valence-corrected chi connectivity index (χ3v) is 1.72. The van der Waals surface area contributed by atoms with Crippen molar-refractivity contribution in [2.24, 2.45) is 0 Å². The fourth-order valence-corrected chi connectivity index (χ4v) is 0.906. The smallest absolute Gasteiger partial charge is 0.398 e. The van der Waals surface area contributed by atoms with Crippen LogP contribution in [0.2, 0.25) is 0 Å². The van der Waals surface area contributed by atoms with E-state index in [0.717, 1.165) is 19.2 Å².